The van der Waals surface area contributed by atoms with Gasteiger partial charge in [0.05, 0.1) is 12.5 Å². The zero-order valence-electron chi connectivity index (χ0n) is 11.2. The first-order valence-corrected chi connectivity index (χ1v) is 6.07. The van der Waals surface area contributed by atoms with Crippen molar-refractivity contribution < 1.29 is 9.53 Å². The molecular weight excluding hydrogens is 204 g/mol. The molecule has 0 rings (SSSR count). The summed E-state index contributed by atoms with van der Waals surface area (Å²) >= 11 is 0. The van der Waals surface area contributed by atoms with Gasteiger partial charge in [-0.05, 0) is 33.9 Å². The maximum atomic E-state index is 11.8. The fraction of sp³-hybridized carbons (Fsp3) is 0.917. The van der Waals surface area contributed by atoms with E-state index < -0.39 is 0 Å². The highest BCUT2D eigenvalue weighted by Crippen LogP contribution is 2.24. The van der Waals surface area contributed by atoms with E-state index >= 15 is 0 Å². The van der Waals surface area contributed by atoms with Crippen LogP contribution in [0.1, 0.15) is 34.6 Å². The molecule has 96 valence electrons. The number of nitrogens with zero attached hydrogens (tertiary/aromatic N) is 1. The Morgan fingerprint density at radius 3 is 2.12 bits per heavy atom. The van der Waals surface area contributed by atoms with E-state index in [1.807, 2.05) is 6.92 Å². The van der Waals surface area contributed by atoms with Gasteiger partial charge in [-0.25, -0.2) is 0 Å². The van der Waals surface area contributed by atoms with Crippen molar-refractivity contribution in [1.82, 2.24) is 4.90 Å². The van der Waals surface area contributed by atoms with Gasteiger partial charge in [0.25, 0.3) is 0 Å². The molecule has 0 fully saturated rings. The SMILES string of the molecule is CCOC(=O)[C@H](CN)C(C)(C)N(CC)CC. The standard InChI is InChI=1S/C12H26N2O2/c1-6-14(7-2)12(4,5)10(9-13)11(15)16-8-3/h10H,6-9,13H2,1-5H3/t10-/m0/s1. The van der Waals surface area contributed by atoms with Gasteiger partial charge in [-0.15, -0.1) is 0 Å². The van der Waals surface area contributed by atoms with Gasteiger partial charge in [0.1, 0.15) is 0 Å². The molecule has 0 aliphatic carbocycles. The molecule has 0 heterocycles. The molecule has 0 aromatic rings. The molecule has 0 amide bonds. The third-order valence-electron chi connectivity index (χ3n) is 3.24. The van der Waals surface area contributed by atoms with Crippen LogP contribution in [0.3, 0.4) is 0 Å². The van der Waals surface area contributed by atoms with Crippen molar-refractivity contribution >= 4 is 5.97 Å². The number of rotatable bonds is 7. The predicted octanol–water partition coefficient (Wildman–Crippen LogP) is 1.24. The van der Waals surface area contributed by atoms with E-state index in [1.54, 1.807) is 0 Å². The van der Waals surface area contributed by atoms with Crippen molar-refractivity contribution in [2.75, 3.05) is 26.2 Å². The number of nitrogens with two attached hydrogens (primary N) is 1. The number of carbonyl (C=O) groups is 1. The Hall–Kier alpha value is -0.610. The average Bonchev–Trinajstić information content (AvgIpc) is 2.19. The van der Waals surface area contributed by atoms with Crippen LogP contribution in [0.4, 0.5) is 0 Å². The van der Waals surface area contributed by atoms with Crippen LogP contribution in [0.2, 0.25) is 0 Å². The maximum Gasteiger partial charge on any atom is 0.312 e. The molecule has 0 saturated carbocycles. The lowest BCUT2D eigenvalue weighted by Gasteiger charge is -2.41. The van der Waals surface area contributed by atoms with Gasteiger partial charge >= 0.3 is 5.97 Å². The van der Waals surface area contributed by atoms with Gasteiger partial charge in [0, 0.05) is 12.1 Å². The van der Waals surface area contributed by atoms with E-state index in [0.717, 1.165) is 13.1 Å². The Bertz CT molecular complexity index is 213. The molecule has 2 N–H and O–H groups in total. The summed E-state index contributed by atoms with van der Waals surface area (Å²) in [6.45, 7) is 12.6. The summed E-state index contributed by atoms with van der Waals surface area (Å²) in [5.41, 5.74) is 5.45. The van der Waals surface area contributed by atoms with Crippen molar-refractivity contribution in [3.8, 4) is 0 Å². The van der Waals surface area contributed by atoms with Crippen LogP contribution in [-0.2, 0) is 9.53 Å². The number of carbonyl (C=O) groups excluding carboxylic acids is 1. The van der Waals surface area contributed by atoms with Crippen molar-refractivity contribution in [3.05, 3.63) is 0 Å². The van der Waals surface area contributed by atoms with E-state index in [2.05, 4.69) is 32.6 Å². The van der Waals surface area contributed by atoms with Crippen molar-refractivity contribution in [2.45, 2.75) is 40.2 Å². The smallest absolute Gasteiger partial charge is 0.312 e. The summed E-state index contributed by atoms with van der Waals surface area (Å²) in [5.74, 6) is -0.464. The minimum atomic E-state index is -0.271. The molecule has 0 bridgehead atoms. The number of hydrogen-bond donors (Lipinski definition) is 1. The third kappa shape index (κ3) is 3.46. The number of esters is 1. The van der Waals surface area contributed by atoms with Crippen LogP contribution in [0.5, 0.6) is 0 Å². The molecule has 16 heavy (non-hydrogen) atoms. The van der Waals surface area contributed by atoms with Gasteiger partial charge in [0.2, 0.25) is 0 Å². The summed E-state index contributed by atoms with van der Waals surface area (Å²) in [6, 6.07) is 0. The molecule has 0 aromatic heterocycles. The van der Waals surface area contributed by atoms with Crippen molar-refractivity contribution in [1.29, 1.82) is 0 Å². The van der Waals surface area contributed by atoms with Gasteiger partial charge < -0.3 is 10.5 Å². The summed E-state index contributed by atoms with van der Waals surface area (Å²) in [5, 5.41) is 0. The third-order valence-corrected chi connectivity index (χ3v) is 3.24. The van der Waals surface area contributed by atoms with Crippen molar-refractivity contribution in [3.63, 3.8) is 0 Å². The van der Waals surface area contributed by atoms with Crippen LogP contribution >= 0.6 is 0 Å². The fourth-order valence-corrected chi connectivity index (χ4v) is 2.17. The monoisotopic (exact) mass is 230 g/mol. The molecule has 4 heteroatoms. The molecule has 0 saturated heterocycles. The molecule has 4 nitrogen and oxygen atoms in total. The quantitative estimate of drug-likeness (QED) is 0.669. The second-order valence-corrected chi connectivity index (χ2v) is 4.37. The first-order valence-electron chi connectivity index (χ1n) is 6.07. The number of ether oxygens (including phenoxy) is 1. The highest BCUT2D eigenvalue weighted by molar-refractivity contribution is 5.74. The predicted molar refractivity (Wildman–Crippen MR) is 66.2 cm³/mol. The van der Waals surface area contributed by atoms with Crippen LogP contribution in [-0.4, -0.2) is 42.6 Å². The van der Waals surface area contributed by atoms with Crippen LogP contribution in [0.25, 0.3) is 0 Å². The fourth-order valence-electron chi connectivity index (χ4n) is 2.17. The minimum absolute atomic E-state index is 0.193. The summed E-state index contributed by atoms with van der Waals surface area (Å²) in [4.78, 5) is 14.1. The number of hydrogen-bond acceptors (Lipinski definition) is 4. The largest absolute Gasteiger partial charge is 0.466 e. The van der Waals surface area contributed by atoms with Gasteiger partial charge in [-0.3, -0.25) is 9.69 Å². The Kier molecular flexibility index (Phi) is 6.60. The minimum Gasteiger partial charge on any atom is -0.466 e. The highest BCUT2D eigenvalue weighted by Gasteiger charge is 2.38. The van der Waals surface area contributed by atoms with E-state index in [9.17, 15) is 4.79 Å². The Morgan fingerprint density at radius 1 is 1.31 bits per heavy atom. The Labute approximate surface area is 99.1 Å². The molecule has 0 aromatic carbocycles. The zero-order chi connectivity index (χ0) is 12.8. The second-order valence-electron chi connectivity index (χ2n) is 4.37. The first kappa shape index (κ1) is 15.4. The zero-order valence-corrected chi connectivity index (χ0v) is 11.2. The second kappa shape index (κ2) is 6.86. The van der Waals surface area contributed by atoms with E-state index in [-0.39, 0.29) is 17.4 Å². The Morgan fingerprint density at radius 2 is 1.81 bits per heavy atom. The van der Waals surface area contributed by atoms with Gasteiger partial charge in [-0.2, -0.15) is 0 Å². The molecule has 0 spiro atoms. The molecular formula is C12H26N2O2. The van der Waals surface area contributed by atoms with Gasteiger partial charge in [-0.1, -0.05) is 13.8 Å². The highest BCUT2D eigenvalue weighted by atomic mass is 16.5. The van der Waals surface area contributed by atoms with Crippen LogP contribution in [0, 0.1) is 5.92 Å². The lowest BCUT2D eigenvalue weighted by molar-refractivity contribution is -0.152. The normalized spacial score (nSPS) is 13.9. The summed E-state index contributed by atoms with van der Waals surface area (Å²) in [7, 11) is 0. The first-order chi connectivity index (χ1) is 7.45. The average molecular weight is 230 g/mol. The molecule has 0 radical (unpaired) electrons. The van der Waals surface area contributed by atoms with Crippen molar-refractivity contribution in [2.24, 2.45) is 11.7 Å². The summed E-state index contributed by atoms with van der Waals surface area (Å²) in [6.07, 6.45) is 0. The summed E-state index contributed by atoms with van der Waals surface area (Å²) < 4.78 is 5.07. The molecule has 0 unspecified atom stereocenters. The lowest BCUT2D eigenvalue weighted by atomic mass is 9.85. The van der Waals surface area contributed by atoms with Crippen LogP contribution < -0.4 is 5.73 Å². The molecule has 1 atom stereocenters. The van der Waals surface area contributed by atoms with E-state index in [0.29, 0.717) is 13.2 Å². The Balaban J connectivity index is 4.83. The maximum absolute atomic E-state index is 11.8. The van der Waals surface area contributed by atoms with E-state index in [4.69, 9.17) is 10.5 Å². The van der Waals surface area contributed by atoms with Crippen LogP contribution in [0.15, 0.2) is 0 Å². The van der Waals surface area contributed by atoms with E-state index in [1.165, 1.54) is 0 Å². The molecule has 0 aliphatic rings. The lowest BCUT2D eigenvalue weighted by Crippen LogP contribution is -2.54. The molecule has 0 aliphatic heterocycles. The van der Waals surface area contributed by atoms with Gasteiger partial charge in [0.15, 0.2) is 0 Å². The topological polar surface area (TPSA) is 55.6 Å².